The molecular formula is C19H20N4S. The Morgan fingerprint density at radius 1 is 1.08 bits per heavy atom. The minimum Gasteiger partial charge on any atom is -0.335 e. The second kappa shape index (κ2) is 5.83. The van der Waals surface area contributed by atoms with Crippen molar-refractivity contribution in [1.82, 2.24) is 14.9 Å². The third kappa shape index (κ3) is 2.48. The van der Waals surface area contributed by atoms with Crippen LogP contribution in [0.4, 0.5) is 5.95 Å². The fourth-order valence-electron chi connectivity index (χ4n) is 4.08. The smallest absolute Gasteiger partial charge is 0.226 e. The average molecular weight is 336 g/mol. The summed E-state index contributed by atoms with van der Waals surface area (Å²) in [5.74, 6) is 0.913. The number of likely N-dealkylation sites (tertiary alicyclic amines) is 1. The van der Waals surface area contributed by atoms with Gasteiger partial charge >= 0.3 is 0 Å². The highest BCUT2D eigenvalue weighted by Crippen LogP contribution is 2.33. The number of hydrogen-bond donors (Lipinski definition) is 0. The molecule has 24 heavy (non-hydrogen) atoms. The second-order valence-corrected chi connectivity index (χ2v) is 7.71. The normalized spacial score (nSPS) is 23.4. The summed E-state index contributed by atoms with van der Waals surface area (Å²) in [6, 6.07) is 14.1. The minimum absolute atomic E-state index is 0.571. The summed E-state index contributed by atoms with van der Waals surface area (Å²) in [6.45, 7) is 3.36. The molecule has 2 saturated heterocycles. The highest BCUT2D eigenvalue weighted by molar-refractivity contribution is 7.17. The van der Waals surface area contributed by atoms with Crippen molar-refractivity contribution in [3.8, 4) is 0 Å². The molecule has 0 saturated carbocycles. The van der Waals surface area contributed by atoms with Gasteiger partial charge in [0.1, 0.15) is 0 Å². The highest BCUT2D eigenvalue weighted by Gasteiger charge is 2.43. The van der Waals surface area contributed by atoms with Crippen LogP contribution in [0, 0.1) is 0 Å². The third-order valence-electron chi connectivity index (χ3n) is 5.33. The van der Waals surface area contributed by atoms with Gasteiger partial charge in [-0.3, -0.25) is 4.90 Å². The number of piperazine rings is 1. The van der Waals surface area contributed by atoms with E-state index < -0.39 is 0 Å². The molecule has 0 amide bonds. The molecule has 1 aromatic carbocycles. The lowest BCUT2D eigenvalue weighted by Gasteiger charge is -2.34. The van der Waals surface area contributed by atoms with E-state index in [1.807, 2.05) is 6.20 Å². The number of anilines is 1. The van der Waals surface area contributed by atoms with Gasteiger partial charge in [-0.2, -0.15) is 0 Å². The Morgan fingerprint density at radius 2 is 2.00 bits per heavy atom. The van der Waals surface area contributed by atoms with Gasteiger partial charge in [0, 0.05) is 31.7 Å². The largest absolute Gasteiger partial charge is 0.335 e. The van der Waals surface area contributed by atoms with Crippen LogP contribution < -0.4 is 4.90 Å². The molecular weight excluding hydrogens is 316 g/mol. The van der Waals surface area contributed by atoms with Crippen molar-refractivity contribution >= 4 is 27.5 Å². The molecule has 0 aliphatic carbocycles. The summed E-state index contributed by atoms with van der Waals surface area (Å²) in [5.41, 5.74) is 2.51. The monoisotopic (exact) mass is 336 g/mol. The van der Waals surface area contributed by atoms with E-state index in [-0.39, 0.29) is 0 Å². The van der Waals surface area contributed by atoms with Crippen molar-refractivity contribution < 1.29 is 0 Å². The molecule has 2 aliphatic heterocycles. The lowest BCUT2D eigenvalue weighted by Crippen LogP contribution is -2.47. The van der Waals surface area contributed by atoms with E-state index in [0.29, 0.717) is 12.1 Å². The summed E-state index contributed by atoms with van der Waals surface area (Å²) in [5, 5.41) is 2.09. The summed E-state index contributed by atoms with van der Waals surface area (Å²) >= 11 is 1.71. The predicted octanol–water partition coefficient (Wildman–Crippen LogP) is 3.20. The standard InChI is InChI=1S/C19H20N4S/c1-2-4-14(5-3-1)6-8-22-12-16-10-15(22)13-23(16)19-20-11-18-17(21-19)7-9-24-18/h1-5,7,9,11,15-16H,6,8,10,12-13H2/t15-,16-/m0/s1. The molecule has 0 radical (unpaired) electrons. The SMILES string of the molecule is c1ccc(CCN2C[C@@H]3C[C@H]2CN3c2ncc3sccc3n2)cc1. The molecule has 2 aliphatic rings. The number of aromatic nitrogens is 2. The average Bonchev–Trinajstić information content (AvgIpc) is 3.35. The molecule has 4 nitrogen and oxygen atoms in total. The molecule has 0 unspecified atom stereocenters. The first-order valence-electron chi connectivity index (χ1n) is 8.62. The number of thiophene rings is 1. The Hall–Kier alpha value is -1.98. The van der Waals surface area contributed by atoms with E-state index in [4.69, 9.17) is 4.98 Å². The lowest BCUT2D eigenvalue weighted by atomic mass is 10.1. The second-order valence-electron chi connectivity index (χ2n) is 6.77. The van der Waals surface area contributed by atoms with Gasteiger partial charge in [0.25, 0.3) is 0 Å². The van der Waals surface area contributed by atoms with Crippen molar-refractivity contribution in [1.29, 1.82) is 0 Å². The zero-order chi connectivity index (χ0) is 15.9. The maximum absolute atomic E-state index is 4.76. The Morgan fingerprint density at radius 3 is 2.83 bits per heavy atom. The molecule has 2 bridgehead atoms. The van der Waals surface area contributed by atoms with E-state index in [1.165, 1.54) is 16.7 Å². The maximum atomic E-state index is 4.76. The van der Waals surface area contributed by atoms with E-state index in [1.54, 1.807) is 11.3 Å². The van der Waals surface area contributed by atoms with Crippen molar-refractivity contribution in [2.45, 2.75) is 24.9 Å². The summed E-state index contributed by atoms with van der Waals surface area (Å²) in [7, 11) is 0. The van der Waals surface area contributed by atoms with E-state index in [0.717, 1.165) is 37.5 Å². The fraction of sp³-hybridized carbons (Fsp3) is 0.368. The molecule has 2 atom stereocenters. The zero-order valence-corrected chi connectivity index (χ0v) is 14.3. The van der Waals surface area contributed by atoms with Crippen molar-refractivity contribution in [3.05, 3.63) is 53.5 Å². The Labute approximate surface area is 145 Å². The lowest BCUT2D eigenvalue weighted by molar-refractivity contribution is 0.241. The van der Waals surface area contributed by atoms with Crippen LogP contribution in [0.3, 0.4) is 0 Å². The zero-order valence-electron chi connectivity index (χ0n) is 13.5. The highest BCUT2D eigenvalue weighted by atomic mass is 32.1. The molecule has 2 fully saturated rings. The topological polar surface area (TPSA) is 32.3 Å². The fourth-order valence-corrected chi connectivity index (χ4v) is 4.77. The first kappa shape index (κ1) is 14.4. The maximum Gasteiger partial charge on any atom is 0.226 e. The molecule has 0 N–H and O–H groups in total. The van der Waals surface area contributed by atoms with Gasteiger partial charge in [0.2, 0.25) is 5.95 Å². The number of benzene rings is 1. The first-order chi connectivity index (χ1) is 11.9. The molecule has 0 spiro atoms. The quantitative estimate of drug-likeness (QED) is 0.732. The third-order valence-corrected chi connectivity index (χ3v) is 6.17. The van der Waals surface area contributed by atoms with Gasteiger partial charge in [-0.05, 0) is 29.9 Å². The molecule has 2 aromatic heterocycles. The predicted molar refractivity (Wildman–Crippen MR) is 98.7 cm³/mol. The van der Waals surface area contributed by atoms with Crippen LogP contribution in [-0.4, -0.2) is 46.6 Å². The summed E-state index contributed by atoms with van der Waals surface area (Å²) in [4.78, 5) is 14.4. The minimum atomic E-state index is 0.571. The Kier molecular flexibility index (Phi) is 3.49. The number of fused-ring (bicyclic) bond motifs is 3. The van der Waals surface area contributed by atoms with Crippen LogP contribution >= 0.6 is 11.3 Å². The van der Waals surface area contributed by atoms with Gasteiger partial charge < -0.3 is 4.90 Å². The molecule has 3 aromatic rings. The van der Waals surface area contributed by atoms with Gasteiger partial charge in [0.05, 0.1) is 16.4 Å². The molecule has 5 heteroatoms. The summed E-state index contributed by atoms with van der Waals surface area (Å²) < 4.78 is 1.17. The first-order valence-corrected chi connectivity index (χ1v) is 9.50. The Bertz CT molecular complexity index is 847. The van der Waals surface area contributed by atoms with Crippen LogP contribution in [-0.2, 0) is 6.42 Å². The van der Waals surface area contributed by atoms with E-state index in [9.17, 15) is 0 Å². The van der Waals surface area contributed by atoms with E-state index >= 15 is 0 Å². The van der Waals surface area contributed by atoms with Gasteiger partial charge in [-0.1, -0.05) is 30.3 Å². The van der Waals surface area contributed by atoms with Crippen LogP contribution in [0.1, 0.15) is 12.0 Å². The van der Waals surface area contributed by atoms with Crippen molar-refractivity contribution in [2.24, 2.45) is 0 Å². The van der Waals surface area contributed by atoms with Gasteiger partial charge in [-0.25, -0.2) is 9.97 Å². The van der Waals surface area contributed by atoms with Crippen LogP contribution in [0.2, 0.25) is 0 Å². The molecule has 5 rings (SSSR count). The van der Waals surface area contributed by atoms with Crippen molar-refractivity contribution in [3.63, 3.8) is 0 Å². The number of rotatable bonds is 4. The molecule has 4 heterocycles. The van der Waals surface area contributed by atoms with Crippen LogP contribution in [0.15, 0.2) is 48.0 Å². The number of hydrogen-bond acceptors (Lipinski definition) is 5. The van der Waals surface area contributed by atoms with Crippen molar-refractivity contribution in [2.75, 3.05) is 24.5 Å². The summed E-state index contributed by atoms with van der Waals surface area (Å²) in [6.07, 6.45) is 4.36. The van der Waals surface area contributed by atoms with E-state index in [2.05, 4.69) is 56.6 Å². The van der Waals surface area contributed by atoms with Gasteiger partial charge in [-0.15, -0.1) is 11.3 Å². The Balaban J connectivity index is 1.26. The molecule has 122 valence electrons. The van der Waals surface area contributed by atoms with Gasteiger partial charge in [0.15, 0.2) is 0 Å². The van der Waals surface area contributed by atoms with Crippen LogP contribution in [0.25, 0.3) is 10.2 Å². The number of nitrogens with zero attached hydrogens (tertiary/aromatic N) is 4. The van der Waals surface area contributed by atoms with Crippen LogP contribution in [0.5, 0.6) is 0 Å².